The van der Waals surface area contributed by atoms with Gasteiger partial charge in [-0.1, -0.05) is 6.92 Å². The molecule has 1 aliphatic heterocycles. The molecule has 1 unspecified atom stereocenters. The van der Waals surface area contributed by atoms with E-state index in [4.69, 9.17) is 5.11 Å². The largest absolute Gasteiger partial charge is 0.478 e. The van der Waals surface area contributed by atoms with E-state index in [1.54, 1.807) is 12.3 Å². The zero-order chi connectivity index (χ0) is 14.5. The Balaban J connectivity index is 2.23. The predicted molar refractivity (Wildman–Crippen MR) is 75.2 cm³/mol. The molecule has 2 rings (SSSR count). The Morgan fingerprint density at radius 3 is 3.00 bits per heavy atom. The molecule has 0 spiro atoms. The van der Waals surface area contributed by atoms with Gasteiger partial charge in [0.1, 0.15) is 0 Å². The van der Waals surface area contributed by atoms with Crippen molar-refractivity contribution >= 4 is 18.0 Å². The van der Waals surface area contributed by atoms with Crippen LogP contribution in [0.1, 0.15) is 35.7 Å². The number of likely N-dealkylation sites (tertiary alicyclic amines) is 1. The van der Waals surface area contributed by atoms with Crippen LogP contribution in [0.15, 0.2) is 24.5 Å². The summed E-state index contributed by atoms with van der Waals surface area (Å²) >= 11 is 0. The van der Waals surface area contributed by atoms with Crippen molar-refractivity contribution in [3.63, 3.8) is 0 Å². The molecule has 1 aromatic rings. The Hall–Kier alpha value is -2.17. The standard InChI is InChI=1S/C15H18N2O3/c1-11-3-2-8-17(10-11)15(20)13-6-7-16-9-12(13)4-5-14(18)19/h4-7,9,11H,2-3,8,10H2,1H3,(H,18,19). The molecule has 0 bridgehead atoms. The second-order valence-electron chi connectivity index (χ2n) is 5.13. The highest BCUT2D eigenvalue weighted by atomic mass is 16.4. The Morgan fingerprint density at radius 1 is 1.50 bits per heavy atom. The Kier molecular flexibility index (Phi) is 4.50. The van der Waals surface area contributed by atoms with Gasteiger partial charge >= 0.3 is 5.97 Å². The van der Waals surface area contributed by atoms with E-state index >= 15 is 0 Å². The summed E-state index contributed by atoms with van der Waals surface area (Å²) < 4.78 is 0. The third kappa shape index (κ3) is 3.44. The first-order valence-corrected chi connectivity index (χ1v) is 6.72. The molecule has 106 valence electrons. The van der Waals surface area contributed by atoms with E-state index in [1.165, 1.54) is 12.3 Å². The van der Waals surface area contributed by atoms with Crippen LogP contribution in [0.4, 0.5) is 0 Å². The number of carbonyl (C=O) groups excluding carboxylic acids is 1. The monoisotopic (exact) mass is 274 g/mol. The summed E-state index contributed by atoms with van der Waals surface area (Å²) in [6.45, 7) is 3.65. The summed E-state index contributed by atoms with van der Waals surface area (Å²) in [6.07, 6.45) is 7.66. The Bertz CT molecular complexity index is 540. The van der Waals surface area contributed by atoms with E-state index in [0.717, 1.165) is 32.0 Å². The van der Waals surface area contributed by atoms with E-state index in [1.807, 2.05) is 4.90 Å². The average molecular weight is 274 g/mol. The molecule has 1 aliphatic rings. The number of carboxylic acids is 1. The molecule has 1 aromatic heterocycles. The molecule has 0 aromatic carbocycles. The normalized spacial score (nSPS) is 19.2. The van der Waals surface area contributed by atoms with Gasteiger partial charge in [0.25, 0.3) is 5.91 Å². The first-order valence-electron chi connectivity index (χ1n) is 6.72. The molecule has 2 heterocycles. The average Bonchev–Trinajstić information content (AvgIpc) is 2.44. The molecule has 0 aliphatic carbocycles. The van der Waals surface area contributed by atoms with Crippen LogP contribution in [0.25, 0.3) is 6.08 Å². The van der Waals surface area contributed by atoms with E-state index < -0.39 is 5.97 Å². The maximum Gasteiger partial charge on any atom is 0.328 e. The van der Waals surface area contributed by atoms with E-state index in [-0.39, 0.29) is 5.91 Å². The van der Waals surface area contributed by atoms with Gasteiger partial charge in [0.05, 0.1) is 0 Å². The molecule has 20 heavy (non-hydrogen) atoms. The topological polar surface area (TPSA) is 70.5 Å². The smallest absolute Gasteiger partial charge is 0.328 e. The van der Waals surface area contributed by atoms with Crippen LogP contribution in [0, 0.1) is 5.92 Å². The number of piperidine rings is 1. The molecular formula is C15H18N2O3. The molecule has 1 N–H and O–H groups in total. The fraction of sp³-hybridized carbons (Fsp3) is 0.400. The number of hydrogen-bond acceptors (Lipinski definition) is 3. The minimum atomic E-state index is -1.04. The van der Waals surface area contributed by atoms with Crippen LogP contribution in [-0.4, -0.2) is 40.0 Å². The second kappa shape index (κ2) is 6.32. The van der Waals surface area contributed by atoms with Gasteiger partial charge in [-0.3, -0.25) is 9.78 Å². The quantitative estimate of drug-likeness (QED) is 0.856. The Morgan fingerprint density at radius 2 is 2.30 bits per heavy atom. The van der Waals surface area contributed by atoms with Crippen molar-refractivity contribution in [1.82, 2.24) is 9.88 Å². The third-order valence-corrected chi connectivity index (χ3v) is 3.43. The second-order valence-corrected chi connectivity index (χ2v) is 5.13. The van der Waals surface area contributed by atoms with Crippen molar-refractivity contribution in [3.05, 3.63) is 35.7 Å². The number of aliphatic carboxylic acids is 1. The van der Waals surface area contributed by atoms with Gasteiger partial charge in [-0.05, 0) is 30.9 Å². The van der Waals surface area contributed by atoms with Gasteiger partial charge < -0.3 is 10.0 Å². The lowest BCUT2D eigenvalue weighted by Crippen LogP contribution is -2.39. The summed E-state index contributed by atoms with van der Waals surface area (Å²) in [7, 11) is 0. The minimum Gasteiger partial charge on any atom is -0.478 e. The fourth-order valence-corrected chi connectivity index (χ4v) is 2.44. The van der Waals surface area contributed by atoms with Crippen LogP contribution in [0.2, 0.25) is 0 Å². The number of amides is 1. The summed E-state index contributed by atoms with van der Waals surface area (Å²) in [5, 5.41) is 8.69. The van der Waals surface area contributed by atoms with Crippen molar-refractivity contribution in [2.24, 2.45) is 5.92 Å². The predicted octanol–water partition coefficient (Wildman–Crippen LogP) is 2.05. The highest BCUT2D eigenvalue weighted by molar-refractivity contribution is 5.98. The van der Waals surface area contributed by atoms with Gasteiger partial charge in [-0.2, -0.15) is 0 Å². The molecule has 1 amide bonds. The number of hydrogen-bond donors (Lipinski definition) is 1. The minimum absolute atomic E-state index is 0.0519. The van der Waals surface area contributed by atoms with Gasteiger partial charge in [0.15, 0.2) is 0 Å². The summed E-state index contributed by atoms with van der Waals surface area (Å²) in [5.41, 5.74) is 1.05. The van der Waals surface area contributed by atoms with E-state index in [0.29, 0.717) is 17.0 Å². The summed E-state index contributed by atoms with van der Waals surface area (Å²) in [6, 6.07) is 1.64. The molecule has 5 heteroatoms. The first kappa shape index (κ1) is 14.2. The van der Waals surface area contributed by atoms with Crippen molar-refractivity contribution in [2.45, 2.75) is 19.8 Å². The number of carboxylic acid groups (broad SMARTS) is 1. The lowest BCUT2D eigenvalue weighted by atomic mass is 9.99. The van der Waals surface area contributed by atoms with Crippen molar-refractivity contribution in [1.29, 1.82) is 0 Å². The van der Waals surface area contributed by atoms with Gasteiger partial charge in [0.2, 0.25) is 0 Å². The van der Waals surface area contributed by atoms with Crippen LogP contribution in [0.5, 0.6) is 0 Å². The molecule has 0 radical (unpaired) electrons. The van der Waals surface area contributed by atoms with Crippen LogP contribution >= 0.6 is 0 Å². The first-order chi connectivity index (χ1) is 9.58. The molecule has 0 saturated carbocycles. The molecule has 5 nitrogen and oxygen atoms in total. The zero-order valence-electron chi connectivity index (χ0n) is 11.5. The van der Waals surface area contributed by atoms with Crippen molar-refractivity contribution in [2.75, 3.05) is 13.1 Å². The summed E-state index contributed by atoms with van der Waals surface area (Å²) in [5.74, 6) is -0.588. The number of carbonyl (C=O) groups is 2. The maximum atomic E-state index is 12.5. The highest BCUT2D eigenvalue weighted by Crippen LogP contribution is 2.19. The molecule has 1 atom stereocenters. The van der Waals surface area contributed by atoms with Gasteiger partial charge in [-0.15, -0.1) is 0 Å². The van der Waals surface area contributed by atoms with Crippen molar-refractivity contribution in [3.8, 4) is 0 Å². The Labute approximate surface area is 117 Å². The van der Waals surface area contributed by atoms with Crippen LogP contribution in [-0.2, 0) is 4.79 Å². The lowest BCUT2D eigenvalue weighted by Gasteiger charge is -2.31. The highest BCUT2D eigenvalue weighted by Gasteiger charge is 2.23. The fourth-order valence-electron chi connectivity index (χ4n) is 2.44. The SMILES string of the molecule is CC1CCCN(C(=O)c2ccncc2C=CC(=O)O)C1. The summed E-state index contributed by atoms with van der Waals surface area (Å²) in [4.78, 5) is 28.9. The maximum absolute atomic E-state index is 12.5. The number of nitrogens with zero attached hydrogens (tertiary/aromatic N) is 2. The van der Waals surface area contributed by atoms with Crippen LogP contribution < -0.4 is 0 Å². The number of aromatic nitrogens is 1. The number of pyridine rings is 1. The van der Waals surface area contributed by atoms with Crippen molar-refractivity contribution < 1.29 is 14.7 Å². The zero-order valence-corrected chi connectivity index (χ0v) is 11.5. The van der Waals surface area contributed by atoms with E-state index in [9.17, 15) is 9.59 Å². The van der Waals surface area contributed by atoms with Gasteiger partial charge in [0, 0.05) is 42.7 Å². The van der Waals surface area contributed by atoms with Gasteiger partial charge in [-0.25, -0.2) is 4.79 Å². The molecule has 1 fully saturated rings. The number of rotatable bonds is 3. The third-order valence-electron chi connectivity index (χ3n) is 3.43. The van der Waals surface area contributed by atoms with E-state index in [2.05, 4.69) is 11.9 Å². The molecular weight excluding hydrogens is 256 g/mol. The molecule has 1 saturated heterocycles. The van der Waals surface area contributed by atoms with Crippen LogP contribution in [0.3, 0.4) is 0 Å². The lowest BCUT2D eigenvalue weighted by molar-refractivity contribution is -0.131.